The molecule has 88 valence electrons. The van der Waals surface area contributed by atoms with E-state index in [0.29, 0.717) is 15.9 Å². The van der Waals surface area contributed by atoms with Gasteiger partial charge >= 0.3 is 0 Å². The van der Waals surface area contributed by atoms with E-state index in [4.69, 9.17) is 11.6 Å². The predicted molar refractivity (Wildman–Crippen MR) is 67.6 cm³/mol. The Bertz CT molecular complexity index is 617. The van der Waals surface area contributed by atoms with Crippen LogP contribution in [0.4, 0.5) is 0 Å². The molecule has 5 heteroatoms. The molecule has 2 heterocycles. The van der Waals surface area contributed by atoms with Crippen molar-refractivity contribution in [1.82, 2.24) is 15.3 Å². The van der Waals surface area contributed by atoms with Gasteiger partial charge in [0, 0.05) is 12.5 Å². The van der Waals surface area contributed by atoms with Gasteiger partial charge in [0.25, 0.3) is 5.56 Å². The first kappa shape index (κ1) is 10.7. The maximum atomic E-state index is 11.9. The maximum absolute atomic E-state index is 11.9. The normalized spacial score (nSPS) is 19.9. The highest BCUT2D eigenvalue weighted by Gasteiger charge is 2.20. The number of hydrogen-bond donors (Lipinski definition) is 2. The van der Waals surface area contributed by atoms with E-state index < -0.39 is 0 Å². The Kier molecular flexibility index (Phi) is 2.61. The summed E-state index contributed by atoms with van der Waals surface area (Å²) in [5.41, 5.74) is 0.485. The minimum atomic E-state index is -0.112. The zero-order valence-electron chi connectivity index (χ0n) is 9.16. The van der Waals surface area contributed by atoms with Crippen LogP contribution in [-0.2, 0) is 0 Å². The Balaban J connectivity index is 2.22. The molecule has 0 bridgehead atoms. The topological polar surface area (TPSA) is 57.8 Å². The first-order chi connectivity index (χ1) is 8.25. The first-order valence-corrected chi connectivity index (χ1v) is 6.02. The number of H-pyrrole nitrogens is 1. The summed E-state index contributed by atoms with van der Waals surface area (Å²) in [7, 11) is 0. The molecule has 0 spiro atoms. The van der Waals surface area contributed by atoms with E-state index in [0.717, 1.165) is 25.3 Å². The molecule has 2 aromatic rings. The summed E-state index contributed by atoms with van der Waals surface area (Å²) in [5, 5.41) is 4.33. The minimum Gasteiger partial charge on any atom is -0.316 e. The first-order valence-electron chi connectivity index (χ1n) is 5.65. The molecular formula is C12H12ClN3O. The number of aromatic amines is 1. The van der Waals surface area contributed by atoms with Gasteiger partial charge in [-0.1, -0.05) is 17.7 Å². The van der Waals surface area contributed by atoms with Crippen molar-refractivity contribution in [2.45, 2.75) is 12.3 Å². The molecule has 1 atom stereocenters. The number of nitrogens with zero attached hydrogens (tertiary/aromatic N) is 1. The van der Waals surface area contributed by atoms with Gasteiger partial charge in [-0.2, -0.15) is 0 Å². The third-order valence-corrected chi connectivity index (χ3v) is 3.46. The van der Waals surface area contributed by atoms with E-state index in [1.807, 2.05) is 0 Å². The van der Waals surface area contributed by atoms with Crippen molar-refractivity contribution in [2.24, 2.45) is 0 Å². The van der Waals surface area contributed by atoms with Crippen molar-refractivity contribution in [3.05, 3.63) is 39.4 Å². The Morgan fingerprint density at radius 1 is 1.41 bits per heavy atom. The largest absolute Gasteiger partial charge is 0.316 e. The molecule has 0 aliphatic carbocycles. The van der Waals surface area contributed by atoms with Gasteiger partial charge in [0.05, 0.1) is 15.9 Å². The van der Waals surface area contributed by atoms with Crippen molar-refractivity contribution in [2.75, 3.05) is 13.1 Å². The van der Waals surface area contributed by atoms with Gasteiger partial charge in [0.2, 0.25) is 0 Å². The molecule has 3 rings (SSSR count). The van der Waals surface area contributed by atoms with Crippen molar-refractivity contribution in [3.8, 4) is 0 Å². The van der Waals surface area contributed by atoms with E-state index in [1.165, 1.54) is 0 Å². The molecule has 0 amide bonds. The van der Waals surface area contributed by atoms with Gasteiger partial charge < -0.3 is 10.3 Å². The molecule has 1 aromatic heterocycles. The lowest BCUT2D eigenvalue weighted by molar-refractivity contribution is 0.703. The second-order valence-corrected chi connectivity index (χ2v) is 4.68. The second-order valence-electron chi connectivity index (χ2n) is 4.28. The quantitative estimate of drug-likeness (QED) is 0.808. The van der Waals surface area contributed by atoms with Crippen LogP contribution in [0.15, 0.2) is 23.0 Å². The molecule has 17 heavy (non-hydrogen) atoms. The molecule has 1 aliphatic heterocycles. The van der Waals surface area contributed by atoms with Crippen LogP contribution in [0.1, 0.15) is 18.2 Å². The number of para-hydroxylation sites is 1. The number of benzene rings is 1. The van der Waals surface area contributed by atoms with Crippen LogP contribution in [-0.4, -0.2) is 23.1 Å². The lowest BCUT2D eigenvalue weighted by Gasteiger charge is -2.08. The van der Waals surface area contributed by atoms with Crippen molar-refractivity contribution < 1.29 is 0 Å². The van der Waals surface area contributed by atoms with Crippen LogP contribution in [0.2, 0.25) is 5.02 Å². The predicted octanol–water partition coefficient (Wildman–Crippen LogP) is 1.65. The van der Waals surface area contributed by atoms with Crippen LogP contribution in [0, 0.1) is 0 Å². The summed E-state index contributed by atoms with van der Waals surface area (Å²) in [6.07, 6.45) is 0.999. The smallest absolute Gasteiger partial charge is 0.258 e. The molecule has 0 radical (unpaired) electrons. The van der Waals surface area contributed by atoms with Gasteiger partial charge in [-0.25, -0.2) is 4.98 Å². The zero-order valence-corrected chi connectivity index (χ0v) is 9.92. The number of rotatable bonds is 1. The fraction of sp³-hybridized carbons (Fsp3) is 0.333. The standard InChI is InChI=1S/C12H12ClN3O/c13-9-3-1-2-8-10(9)15-11(16-12(8)17)7-4-5-14-6-7/h1-3,7,14H,4-6H2,(H,15,16,17). The fourth-order valence-corrected chi connectivity index (χ4v) is 2.44. The van der Waals surface area contributed by atoms with Crippen LogP contribution < -0.4 is 10.9 Å². The van der Waals surface area contributed by atoms with E-state index >= 15 is 0 Å². The highest BCUT2D eigenvalue weighted by Crippen LogP contribution is 2.22. The average molecular weight is 250 g/mol. The molecular weight excluding hydrogens is 238 g/mol. The minimum absolute atomic E-state index is 0.112. The Morgan fingerprint density at radius 2 is 2.29 bits per heavy atom. The maximum Gasteiger partial charge on any atom is 0.258 e. The summed E-state index contributed by atoms with van der Waals surface area (Å²) >= 11 is 6.08. The van der Waals surface area contributed by atoms with Crippen molar-refractivity contribution in [3.63, 3.8) is 0 Å². The van der Waals surface area contributed by atoms with Crippen LogP contribution in [0.5, 0.6) is 0 Å². The van der Waals surface area contributed by atoms with Crippen LogP contribution >= 0.6 is 11.6 Å². The van der Waals surface area contributed by atoms with Crippen molar-refractivity contribution in [1.29, 1.82) is 0 Å². The lowest BCUT2D eigenvalue weighted by atomic mass is 10.1. The van der Waals surface area contributed by atoms with Crippen molar-refractivity contribution >= 4 is 22.5 Å². The number of aromatic nitrogens is 2. The number of fused-ring (bicyclic) bond motifs is 1. The van der Waals surface area contributed by atoms with Gasteiger partial charge in [-0.05, 0) is 25.1 Å². The third-order valence-electron chi connectivity index (χ3n) is 3.15. The summed E-state index contributed by atoms with van der Waals surface area (Å²) in [4.78, 5) is 19.3. The molecule has 1 fully saturated rings. The van der Waals surface area contributed by atoms with Gasteiger partial charge in [0.15, 0.2) is 0 Å². The zero-order chi connectivity index (χ0) is 11.8. The summed E-state index contributed by atoms with van der Waals surface area (Å²) in [5.74, 6) is 1.02. The monoisotopic (exact) mass is 249 g/mol. The molecule has 1 aliphatic rings. The van der Waals surface area contributed by atoms with Gasteiger partial charge in [0.1, 0.15) is 5.82 Å². The number of halogens is 1. The van der Waals surface area contributed by atoms with E-state index in [2.05, 4.69) is 15.3 Å². The molecule has 0 saturated carbocycles. The van der Waals surface area contributed by atoms with Crippen LogP contribution in [0.25, 0.3) is 10.9 Å². The lowest BCUT2D eigenvalue weighted by Crippen LogP contribution is -2.16. The highest BCUT2D eigenvalue weighted by atomic mass is 35.5. The average Bonchev–Trinajstić information content (AvgIpc) is 2.84. The van der Waals surface area contributed by atoms with E-state index in [9.17, 15) is 4.79 Å². The van der Waals surface area contributed by atoms with E-state index in [1.54, 1.807) is 18.2 Å². The van der Waals surface area contributed by atoms with Crippen LogP contribution in [0.3, 0.4) is 0 Å². The molecule has 1 aromatic carbocycles. The summed E-state index contributed by atoms with van der Waals surface area (Å²) in [6, 6.07) is 5.26. The summed E-state index contributed by atoms with van der Waals surface area (Å²) < 4.78 is 0. The second kappa shape index (κ2) is 4.13. The molecule has 4 nitrogen and oxygen atoms in total. The number of nitrogens with one attached hydrogen (secondary N) is 2. The van der Waals surface area contributed by atoms with Gasteiger partial charge in [-0.3, -0.25) is 4.79 Å². The fourth-order valence-electron chi connectivity index (χ4n) is 2.23. The number of hydrogen-bond acceptors (Lipinski definition) is 3. The molecule has 2 N–H and O–H groups in total. The SMILES string of the molecule is O=c1[nH]c(C2CCNC2)nc2c(Cl)cccc12. The Labute approximate surface area is 103 Å². The Hall–Kier alpha value is -1.39. The Morgan fingerprint density at radius 3 is 3.06 bits per heavy atom. The van der Waals surface area contributed by atoms with E-state index in [-0.39, 0.29) is 11.5 Å². The molecule has 1 unspecified atom stereocenters. The summed E-state index contributed by atoms with van der Waals surface area (Å²) in [6.45, 7) is 1.83. The molecule has 1 saturated heterocycles. The highest BCUT2D eigenvalue weighted by molar-refractivity contribution is 6.34. The van der Waals surface area contributed by atoms with Gasteiger partial charge in [-0.15, -0.1) is 0 Å². The third kappa shape index (κ3) is 1.83.